The van der Waals surface area contributed by atoms with Crippen LogP contribution in [0.5, 0.6) is 5.88 Å². The molecule has 0 radical (unpaired) electrons. The maximum Gasteiger partial charge on any atom is 0.230 e. The normalized spacial score (nSPS) is 10.7. The lowest BCUT2D eigenvalue weighted by Crippen LogP contribution is -2.14. The molecule has 0 atom stereocenters. The molecule has 20 heavy (non-hydrogen) atoms. The molecule has 0 aliphatic carbocycles. The first-order chi connectivity index (χ1) is 9.74. The summed E-state index contributed by atoms with van der Waals surface area (Å²) in [6.07, 6.45) is 5.57. The average Bonchev–Trinajstić information content (AvgIpc) is 3.00. The van der Waals surface area contributed by atoms with Crippen molar-refractivity contribution < 1.29 is 9.53 Å². The van der Waals surface area contributed by atoms with Crippen LogP contribution in [0.15, 0.2) is 36.1 Å². The van der Waals surface area contributed by atoms with E-state index in [0.29, 0.717) is 11.6 Å². The Labute approximate surface area is 119 Å². The van der Waals surface area contributed by atoms with Crippen molar-refractivity contribution in [3.05, 3.63) is 41.8 Å². The highest BCUT2D eigenvalue weighted by Crippen LogP contribution is 2.13. The van der Waals surface area contributed by atoms with Gasteiger partial charge < -0.3 is 10.1 Å². The molecule has 0 aliphatic heterocycles. The highest BCUT2D eigenvalue weighted by atomic mass is 32.1. The molecule has 1 N–H and O–H groups in total. The van der Waals surface area contributed by atoms with Crippen molar-refractivity contribution >= 4 is 27.9 Å². The van der Waals surface area contributed by atoms with Crippen LogP contribution in [0.2, 0.25) is 0 Å². The second-order valence-electron chi connectivity index (χ2n) is 4.14. The van der Waals surface area contributed by atoms with Crippen LogP contribution in [0.4, 0.5) is 5.69 Å². The Bertz CT molecular complexity index is 704. The van der Waals surface area contributed by atoms with E-state index in [1.165, 1.54) is 11.3 Å². The molecule has 0 saturated carbocycles. The summed E-state index contributed by atoms with van der Waals surface area (Å²) in [4.78, 5) is 21.2. The van der Waals surface area contributed by atoms with E-state index in [2.05, 4.69) is 15.3 Å². The Hall–Kier alpha value is -2.41. The predicted molar refractivity (Wildman–Crippen MR) is 76.2 cm³/mol. The van der Waals surface area contributed by atoms with Crippen LogP contribution in [0.3, 0.4) is 0 Å². The number of fused-ring (bicyclic) bond motifs is 1. The SMILES string of the molecule is COc1ccc(NC(=O)Cc2cn3ccsc3n2)cn1. The van der Waals surface area contributed by atoms with Gasteiger partial charge in [-0.3, -0.25) is 9.20 Å². The van der Waals surface area contributed by atoms with Crippen LogP contribution < -0.4 is 10.1 Å². The molecule has 0 fully saturated rings. The number of methoxy groups -OCH3 is 1. The molecule has 0 aliphatic rings. The van der Waals surface area contributed by atoms with Gasteiger partial charge in [-0.05, 0) is 6.07 Å². The van der Waals surface area contributed by atoms with Gasteiger partial charge in [-0.25, -0.2) is 9.97 Å². The van der Waals surface area contributed by atoms with Crippen molar-refractivity contribution in [3.8, 4) is 5.88 Å². The number of amides is 1. The maximum atomic E-state index is 11.9. The van der Waals surface area contributed by atoms with Crippen molar-refractivity contribution in [3.63, 3.8) is 0 Å². The smallest absolute Gasteiger partial charge is 0.230 e. The third-order valence-electron chi connectivity index (χ3n) is 2.71. The monoisotopic (exact) mass is 288 g/mol. The zero-order valence-electron chi connectivity index (χ0n) is 10.7. The summed E-state index contributed by atoms with van der Waals surface area (Å²) in [5.41, 5.74) is 1.38. The van der Waals surface area contributed by atoms with Gasteiger partial charge in [0.25, 0.3) is 0 Å². The third-order valence-corrected chi connectivity index (χ3v) is 3.48. The summed E-state index contributed by atoms with van der Waals surface area (Å²) >= 11 is 1.54. The molecule has 1 amide bonds. The minimum Gasteiger partial charge on any atom is -0.481 e. The van der Waals surface area contributed by atoms with E-state index in [9.17, 15) is 4.79 Å². The highest BCUT2D eigenvalue weighted by molar-refractivity contribution is 7.15. The lowest BCUT2D eigenvalue weighted by molar-refractivity contribution is -0.115. The number of nitrogens with zero attached hydrogens (tertiary/aromatic N) is 3. The predicted octanol–water partition coefficient (Wildman–Crippen LogP) is 1.98. The van der Waals surface area contributed by atoms with Crippen molar-refractivity contribution in [2.24, 2.45) is 0 Å². The zero-order chi connectivity index (χ0) is 13.9. The van der Waals surface area contributed by atoms with E-state index in [1.54, 1.807) is 25.4 Å². The molecule has 3 aromatic heterocycles. The first-order valence-corrected chi connectivity index (χ1v) is 6.83. The second kappa shape index (κ2) is 5.30. The molecule has 7 heteroatoms. The van der Waals surface area contributed by atoms with Crippen LogP contribution in [0.25, 0.3) is 4.96 Å². The van der Waals surface area contributed by atoms with Crippen LogP contribution in [0.1, 0.15) is 5.69 Å². The number of carbonyl (C=O) groups is 1. The molecule has 6 nitrogen and oxygen atoms in total. The Morgan fingerprint density at radius 2 is 2.40 bits per heavy atom. The Balaban J connectivity index is 1.65. The summed E-state index contributed by atoms with van der Waals surface area (Å²) in [5.74, 6) is 0.389. The van der Waals surface area contributed by atoms with Gasteiger partial charge in [0, 0.05) is 23.8 Å². The molecule has 0 bridgehead atoms. The molecule has 102 valence electrons. The summed E-state index contributed by atoms with van der Waals surface area (Å²) in [7, 11) is 1.55. The van der Waals surface area contributed by atoms with E-state index in [-0.39, 0.29) is 12.3 Å². The van der Waals surface area contributed by atoms with E-state index in [1.807, 2.05) is 22.2 Å². The maximum absolute atomic E-state index is 11.9. The minimum atomic E-state index is -0.122. The Kier molecular flexibility index (Phi) is 3.34. The van der Waals surface area contributed by atoms with Gasteiger partial charge in [0.15, 0.2) is 4.96 Å². The minimum absolute atomic E-state index is 0.122. The van der Waals surface area contributed by atoms with Crippen molar-refractivity contribution in [1.29, 1.82) is 0 Å². The topological polar surface area (TPSA) is 68.5 Å². The summed E-state index contributed by atoms with van der Waals surface area (Å²) in [6, 6.07) is 3.44. The molecule has 3 heterocycles. The third kappa shape index (κ3) is 2.62. The molecule has 3 aromatic rings. The van der Waals surface area contributed by atoms with E-state index in [0.717, 1.165) is 10.7 Å². The summed E-state index contributed by atoms with van der Waals surface area (Å²) < 4.78 is 6.86. The van der Waals surface area contributed by atoms with E-state index < -0.39 is 0 Å². The lowest BCUT2D eigenvalue weighted by atomic mass is 10.3. The van der Waals surface area contributed by atoms with E-state index in [4.69, 9.17) is 4.74 Å². The van der Waals surface area contributed by atoms with Gasteiger partial charge >= 0.3 is 0 Å². The van der Waals surface area contributed by atoms with Crippen molar-refractivity contribution in [1.82, 2.24) is 14.4 Å². The lowest BCUT2D eigenvalue weighted by Gasteiger charge is -2.04. The number of thiazole rings is 1. The number of rotatable bonds is 4. The van der Waals surface area contributed by atoms with Gasteiger partial charge in [-0.1, -0.05) is 0 Å². The van der Waals surface area contributed by atoms with Gasteiger partial charge in [-0.2, -0.15) is 0 Å². The number of pyridine rings is 1. The zero-order valence-corrected chi connectivity index (χ0v) is 11.6. The van der Waals surface area contributed by atoms with Crippen LogP contribution in [-0.2, 0) is 11.2 Å². The van der Waals surface area contributed by atoms with E-state index >= 15 is 0 Å². The summed E-state index contributed by atoms with van der Waals surface area (Å²) in [6.45, 7) is 0. The number of carbonyl (C=O) groups excluding carboxylic acids is 1. The fourth-order valence-corrected chi connectivity index (χ4v) is 2.52. The Morgan fingerprint density at radius 3 is 3.10 bits per heavy atom. The van der Waals surface area contributed by atoms with Gasteiger partial charge in [0.1, 0.15) is 0 Å². The quantitative estimate of drug-likeness (QED) is 0.797. The number of nitrogens with one attached hydrogen (secondary N) is 1. The standard InChI is InChI=1S/C13H12N4O2S/c1-19-12-3-2-9(7-14-12)15-11(18)6-10-8-17-4-5-20-13(17)16-10/h2-5,7-8H,6H2,1H3,(H,15,18). The number of aromatic nitrogens is 3. The number of imidazole rings is 1. The number of anilines is 1. The van der Waals surface area contributed by atoms with Crippen LogP contribution in [-0.4, -0.2) is 27.4 Å². The number of ether oxygens (including phenoxy) is 1. The van der Waals surface area contributed by atoms with Gasteiger partial charge in [0.2, 0.25) is 11.8 Å². The first kappa shape index (κ1) is 12.6. The van der Waals surface area contributed by atoms with Gasteiger partial charge in [0.05, 0.1) is 31.1 Å². The molecule has 0 aromatic carbocycles. The first-order valence-electron chi connectivity index (χ1n) is 5.95. The van der Waals surface area contributed by atoms with Crippen molar-refractivity contribution in [2.45, 2.75) is 6.42 Å². The highest BCUT2D eigenvalue weighted by Gasteiger charge is 2.09. The largest absolute Gasteiger partial charge is 0.481 e. The fraction of sp³-hybridized carbons (Fsp3) is 0.154. The number of hydrogen-bond donors (Lipinski definition) is 1. The molecule has 0 saturated heterocycles. The molecule has 0 spiro atoms. The fourth-order valence-electron chi connectivity index (χ4n) is 1.81. The molecule has 3 rings (SSSR count). The molecule has 0 unspecified atom stereocenters. The molecular formula is C13H12N4O2S. The number of hydrogen-bond acceptors (Lipinski definition) is 5. The molecular weight excluding hydrogens is 276 g/mol. The Morgan fingerprint density at radius 1 is 1.50 bits per heavy atom. The summed E-state index contributed by atoms with van der Waals surface area (Å²) in [5, 5.41) is 4.73. The van der Waals surface area contributed by atoms with Gasteiger partial charge in [-0.15, -0.1) is 11.3 Å². The second-order valence-corrected chi connectivity index (χ2v) is 5.01. The van der Waals surface area contributed by atoms with Crippen LogP contribution >= 0.6 is 11.3 Å². The van der Waals surface area contributed by atoms with Crippen LogP contribution in [0, 0.1) is 0 Å². The average molecular weight is 288 g/mol. The van der Waals surface area contributed by atoms with Crippen molar-refractivity contribution in [2.75, 3.05) is 12.4 Å².